The van der Waals surface area contributed by atoms with Crippen molar-refractivity contribution >= 4 is 27.3 Å². The van der Waals surface area contributed by atoms with Gasteiger partial charge in [-0.05, 0) is 33.6 Å². The standard InChI is InChI=1S/C10H7BrFNOS/c11-7-5-6(1-2-8(7)12)9(14)10-13-3-4-15-10/h1-5,9,14H/t9-/m1/s1. The SMILES string of the molecule is O[C@H](c1ccc(F)c(Br)c1)c1nccs1. The summed E-state index contributed by atoms with van der Waals surface area (Å²) in [5.74, 6) is -0.343. The van der Waals surface area contributed by atoms with Crippen molar-refractivity contribution in [3.63, 3.8) is 0 Å². The van der Waals surface area contributed by atoms with Crippen LogP contribution in [0, 0.1) is 5.82 Å². The Morgan fingerprint density at radius 2 is 2.27 bits per heavy atom. The molecule has 0 unspecified atom stereocenters. The van der Waals surface area contributed by atoms with Crippen molar-refractivity contribution in [2.45, 2.75) is 6.10 Å². The summed E-state index contributed by atoms with van der Waals surface area (Å²) in [6, 6.07) is 4.42. The van der Waals surface area contributed by atoms with E-state index in [1.807, 2.05) is 0 Å². The average molecular weight is 288 g/mol. The van der Waals surface area contributed by atoms with E-state index in [1.165, 1.54) is 17.4 Å². The Hall–Kier alpha value is -0.780. The van der Waals surface area contributed by atoms with Crippen LogP contribution in [0.25, 0.3) is 0 Å². The molecule has 15 heavy (non-hydrogen) atoms. The van der Waals surface area contributed by atoms with E-state index in [2.05, 4.69) is 20.9 Å². The molecule has 2 rings (SSSR count). The number of rotatable bonds is 2. The second kappa shape index (κ2) is 4.38. The first-order chi connectivity index (χ1) is 7.18. The summed E-state index contributed by atoms with van der Waals surface area (Å²) >= 11 is 4.44. The number of hydrogen-bond donors (Lipinski definition) is 1. The molecule has 0 aliphatic carbocycles. The largest absolute Gasteiger partial charge is 0.381 e. The molecule has 0 spiro atoms. The van der Waals surface area contributed by atoms with Gasteiger partial charge in [-0.25, -0.2) is 9.37 Å². The molecule has 0 amide bonds. The zero-order valence-electron chi connectivity index (χ0n) is 7.52. The van der Waals surface area contributed by atoms with Crippen molar-refractivity contribution in [1.82, 2.24) is 4.98 Å². The molecule has 0 aliphatic rings. The van der Waals surface area contributed by atoms with Gasteiger partial charge in [0.2, 0.25) is 0 Å². The van der Waals surface area contributed by atoms with Gasteiger partial charge in [-0.3, -0.25) is 0 Å². The first-order valence-electron chi connectivity index (χ1n) is 4.21. The van der Waals surface area contributed by atoms with E-state index in [4.69, 9.17) is 0 Å². The van der Waals surface area contributed by atoms with Crippen molar-refractivity contribution in [2.24, 2.45) is 0 Å². The molecule has 0 aliphatic heterocycles. The zero-order chi connectivity index (χ0) is 10.8. The Labute approximate surface area is 98.5 Å². The number of hydrogen-bond acceptors (Lipinski definition) is 3. The number of aliphatic hydroxyl groups is 1. The molecule has 2 aromatic rings. The first kappa shape index (κ1) is 10.7. The molecule has 78 valence electrons. The Morgan fingerprint density at radius 1 is 1.47 bits per heavy atom. The number of halogens is 2. The lowest BCUT2D eigenvalue weighted by Gasteiger charge is -2.08. The Bertz CT molecular complexity index is 460. The van der Waals surface area contributed by atoms with E-state index in [0.717, 1.165) is 0 Å². The summed E-state index contributed by atoms with van der Waals surface area (Å²) in [4.78, 5) is 4.00. The second-order valence-electron chi connectivity index (χ2n) is 2.95. The molecule has 0 radical (unpaired) electrons. The third kappa shape index (κ3) is 2.25. The molecule has 0 saturated carbocycles. The fraction of sp³-hybridized carbons (Fsp3) is 0.100. The lowest BCUT2D eigenvalue weighted by molar-refractivity contribution is 0.219. The van der Waals surface area contributed by atoms with Crippen LogP contribution in [0.4, 0.5) is 4.39 Å². The van der Waals surface area contributed by atoms with Gasteiger partial charge in [-0.2, -0.15) is 0 Å². The number of thiazole rings is 1. The fourth-order valence-electron chi connectivity index (χ4n) is 1.19. The smallest absolute Gasteiger partial charge is 0.137 e. The Morgan fingerprint density at radius 3 is 2.87 bits per heavy atom. The maximum atomic E-state index is 13.0. The predicted molar refractivity (Wildman–Crippen MR) is 60.3 cm³/mol. The van der Waals surface area contributed by atoms with Crippen LogP contribution in [0.2, 0.25) is 0 Å². The maximum absolute atomic E-state index is 13.0. The highest BCUT2D eigenvalue weighted by atomic mass is 79.9. The van der Waals surface area contributed by atoms with Crippen LogP contribution in [-0.4, -0.2) is 10.1 Å². The van der Waals surface area contributed by atoms with Gasteiger partial charge in [0.15, 0.2) is 0 Å². The van der Waals surface area contributed by atoms with Crippen molar-refractivity contribution in [2.75, 3.05) is 0 Å². The highest BCUT2D eigenvalue weighted by molar-refractivity contribution is 9.10. The van der Waals surface area contributed by atoms with Crippen molar-refractivity contribution < 1.29 is 9.50 Å². The topological polar surface area (TPSA) is 33.1 Å². The average Bonchev–Trinajstić information content (AvgIpc) is 2.74. The summed E-state index contributed by atoms with van der Waals surface area (Å²) in [5, 5.41) is 12.3. The third-order valence-corrected chi connectivity index (χ3v) is 3.38. The molecule has 0 fully saturated rings. The Kier molecular flexibility index (Phi) is 3.14. The molecule has 0 saturated heterocycles. The minimum Gasteiger partial charge on any atom is -0.381 e. The van der Waals surface area contributed by atoms with Crippen LogP contribution in [0.3, 0.4) is 0 Å². The predicted octanol–water partition coefficient (Wildman–Crippen LogP) is 3.13. The van der Waals surface area contributed by atoms with Crippen LogP contribution in [-0.2, 0) is 0 Å². The van der Waals surface area contributed by atoms with Gasteiger partial charge < -0.3 is 5.11 Å². The molecular weight excluding hydrogens is 281 g/mol. The van der Waals surface area contributed by atoms with Crippen LogP contribution in [0.5, 0.6) is 0 Å². The van der Waals surface area contributed by atoms with Crippen molar-refractivity contribution in [1.29, 1.82) is 0 Å². The lowest BCUT2D eigenvalue weighted by Crippen LogP contribution is -1.99. The number of aliphatic hydroxyl groups excluding tert-OH is 1. The first-order valence-corrected chi connectivity index (χ1v) is 5.88. The Balaban J connectivity index is 2.34. The molecule has 1 atom stereocenters. The molecule has 0 bridgehead atoms. The quantitative estimate of drug-likeness (QED) is 0.921. The number of nitrogens with zero attached hydrogens (tertiary/aromatic N) is 1. The van der Waals surface area contributed by atoms with Crippen molar-refractivity contribution in [3.8, 4) is 0 Å². The third-order valence-electron chi connectivity index (χ3n) is 1.94. The minimum absolute atomic E-state index is 0.343. The molecule has 5 heteroatoms. The molecule has 1 heterocycles. The molecule has 1 N–H and O–H groups in total. The van der Waals surface area contributed by atoms with E-state index >= 15 is 0 Å². The maximum Gasteiger partial charge on any atom is 0.137 e. The monoisotopic (exact) mass is 287 g/mol. The van der Waals surface area contributed by atoms with Crippen LogP contribution < -0.4 is 0 Å². The van der Waals surface area contributed by atoms with E-state index in [1.54, 1.807) is 23.7 Å². The summed E-state index contributed by atoms with van der Waals surface area (Å²) in [6.07, 6.45) is 0.837. The van der Waals surface area contributed by atoms with Gasteiger partial charge in [0.05, 0.1) is 4.47 Å². The minimum atomic E-state index is -0.790. The normalized spacial score (nSPS) is 12.7. The van der Waals surface area contributed by atoms with E-state index in [9.17, 15) is 9.50 Å². The zero-order valence-corrected chi connectivity index (χ0v) is 9.93. The van der Waals surface area contributed by atoms with Crippen LogP contribution >= 0.6 is 27.3 Å². The van der Waals surface area contributed by atoms with Gasteiger partial charge in [0, 0.05) is 11.6 Å². The highest BCUT2D eigenvalue weighted by Crippen LogP contribution is 2.26. The van der Waals surface area contributed by atoms with Gasteiger partial charge in [-0.1, -0.05) is 6.07 Å². The summed E-state index contributed by atoms with van der Waals surface area (Å²) in [7, 11) is 0. The van der Waals surface area contributed by atoms with Crippen LogP contribution in [0.1, 0.15) is 16.7 Å². The molecule has 1 aromatic heterocycles. The van der Waals surface area contributed by atoms with E-state index in [-0.39, 0.29) is 5.82 Å². The number of benzene rings is 1. The van der Waals surface area contributed by atoms with Gasteiger partial charge in [0.25, 0.3) is 0 Å². The number of aromatic nitrogens is 1. The van der Waals surface area contributed by atoms with Gasteiger partial charge in [0.1, 0.15) is 16.9 Å². The lowest BCUT2D eigenvalue weighted by atomic mass is 10.1. The fourth-order valence-corrected chi connectivity index (χ4v) is 2.24. The summed E-state index contributed by atoms with van der Waals surface area (Å²) in [5.41, 5.74) is 0.623. The highest BCUT2D eigenvalue weighted by Gasteiger charge is 2.14. The molecule has 2 nitrogen and oxygen atoms in total. The van der Waals surface area contributed by atoms with E-state index in [0.29, 0.717) is 15.0 Å². The summed E-state index contributed by atoms with van der Waals surface area (Å²) in [6.45, 7) is 0. The molecule has 1 aromatic carbocycles. The van der Waals surface area contributed by atoms with Crippen LogP contribution in [0.15, 0.2) is 34.2 Å². The molecular formula is C10H7BrFNOS. The van der Waals surface area contributed by atoms with E-state index < -0.39 is 6.10 Å². The van der Waals surface area contributed by atoms with Gasteiger partial charge >= 0.3 is 0 Å². The van der Waals surface area contributed by atoms with Crippen molar-refractivity contribution in [3.05, 3.63) is 50.6 Å². The second-order valence-corrected chi connectivity index (χ2v) is 4.73. The summed E-state index contributed by atoms with van der Waals surface area (Å²) < 4.78 is 13.3. The van der Waals surface area contributed by atoms with Gasteiger partial charge in [-0.15, -0.1) is 11.3 Å².